The molecule has 4 aromatic rings. The summed E-state index contributed by atoms with van der Waals surface area (Å²) in [5, 5.41) is 15.1. The van der Waals surface area contributed by atoms with Crippen molar-refractivity contribution >= 4 is 58.7 Å². The molecule has 0 bridgehead atoms. The van der Waals surface area contributed by atoms with E-state index >= 15 is 0 Å². The Balaban J connectivity index is 1.93. The van der Waals surface area contributed by atoms with Gasteiger partial charge in [0.1, 0.15) is 70.1 Å². The van der Waals surface area contributed by atoms with Crippen molar-refractivity contribution in [2.45, 2.75) is 43.2 Å². The van der Waals surface area contributed by atoms with Gasteiger partial charge in [0.25, 0.3) is 11.4 Å². The van der Waals surface area contributed by atoms with Crippen molar-refractivity contribution in [1.29, 1.82) is 0 Å². The summed E-state index contributed by atoms with van der Waals surface area (Å²) < 4.78 is 17.9. The number of ether oxygens (including phenoxy) is 2. The molecule has 16 heteroatoms. The van der Waals surface area contributed by atoms with Crippen molar-refractivity contribution in [2.75, 3.05) is 0 Å². The summed E-state index contributed by atoms with van der Waals surface area (Å²) in [5.74, 6) is -0.825. The molecular weight excluding hydrogens is 537 g/mol. The van der Waals surface area contributed by atoms with E-state index in [-0.39, 0.29) is 53.2 Å². The van der Waals surface area contributed by atoms with E-state index in [4.69, 9.17) is 72.6 Å². The number of unbranched alkanes of at least 4 members (excludes halogenated alkanes) is 1. The first-order valence-electron chi connectivity index (χ1n) is 12.4. The first-order chi connectivity index (χ1) is 19.3. The van der Waals surface area contributed by atoms with Crippen molar-refractivity contribution in [3.05, 3.63) is 75.1 Å². The molecule has 0 aliphatic carbocycles. The molecule has 0 aliphatic rings. The molecule has 12 radical (unpaired) electrons. The van der Waals surface area contributed by atoms with Crippen LogP contribution in [-0.4, -0.2) is 82.5 Å². The molecule has 0 atom stereocenters. The number of benzene rings is 2. The zero-order valence-electron chi connectivity index (χ0n) is 22.1. The Hall–Kier alpha value is -3.46. The minimum absolute atomic E-state index is 0.0882. The Morgan fingerprint density at radius 2 is 1.59 bits per heavy atom. The van der Waals surface area contributed by atoms with Gasteiger partial charge in [0.2, 0.25) is 11.8 Å². The van der Waals surface area contributed by atoms with Crippen molar-refractivity contribution < 1.29 is 19.0 Å². The average Bonchev–Trinajstić information content (AvgIpc) is 3.31. The van der Waals surface area contributed by atoms with Gasteiger partial charge in [-0.15, -0.1) is 10.2 Å². The lowest BCUT2D eigenvalue weighted by molar-refractivity contribution is 0.299. The van der Waals surface area contributed by atoms with Crippen LogP contribution in [0.2, 0.25) is 5.02 Å². The van der Waals surface area contributed by atoms with Crippen molar-refractivity contribution in [2.24, 2.45) is 0 Å². The second-order valence-electron chi connectivity index (χ2n) is 9.29. The molecule has 2 heterocycles. The molecule has 41 heavy (non-hydrogen) atoms. The quantitative estimate of drug-likeness (QED) is 0.278. The predicted molar refractivity (Wildman–Crippen MR) is 159 cm³/mol. The maximum Gasteiger partial charge on any atom is 0.275 e. The van der Waals surface area contributed by atoms with Crippen molar-refractivity contribution in [3.63, 3.8) is 0 Å². The molecule has 0 spiro atoms. The largest absolute Gasteiger partial charge is 0.514 e. The number of aromatic hydroxyl groups is 1. The lowest BCUT2D eigenvalue weighted by atomic mass is 9.52. The maximum atomic E-state index is 14.1. The summed E-state index contributed by atoms with van der Waals surface area (Å²) in [7, 11) is 34.2. The van der Waals surface area contributed by atoms with Crippen LogP contribution in [0, 0.1) is 0 Å². The molecule has 1 N–H and O–H groups in total. The Morgan fingerprint density at radius 1 is 0.976 bits per heavy atom. The predicted octanol–water partition coefficient (Wildman–Crippen LogP) is 1.57. The van der Waals surface area contributed by atoms with Crippen molar-refractivity contribution in [3.8, 4) is 34.5 Å². The number of hydrogen-bond donors (Lipinski definition) is 1. The third kappa shape index (κ3) is 7.64. The fraction of sp³-hybridized carbons (Fsp3) is 0.280. The third-order valence-corrected chi connectivity index (χ3v) is 5.85. The van der Waals surface area contributed by atoms with E-state index in [9.17, 15) is 9.90 Å². The van der Waals surface area contributed by atoms with E-state index in [1.54, 1.807) is 24.3 Å². The number of hydrogen-bond acceptors (Lipinski definition) is 8. The second-order valence-corrected chi connectivity index (χ2v) is 9.73. The molecule has 0 fully saturated rings. The summed E-state index contributed by atoms with van der Waals surface area (Å²) in [4.78, 5) is 18.4. The van der Waals surface area contributed by atoms with Gasteiger partial charge in [-0.1, -0.05) is 43.1 Å². The minimum Gasteiger partial charge on any atom is -0.514 e. The Morgan fingerprint density at radius 3 is 2.15 bits per heavy atom. The van der Waals surface area contributed by atoms with Gasteiger partial charge in [0.05, 0.1) is 6.42 Å². The van der Waals surface area contributed by atoms with Crippen LogP contribution in [0.4, 0.5) is 0 Å². The standard InChI is InChI=1S/C25H19B6ClN4O5/c1-2-3-7-17-33-21(37)19(22-35-34-18(39-22)12-13-8-10-14(32)11-9-13)23(38)36(17)20-15(40-24(26,27)28)5-4-6-16(20)41-25(29,30)31/h4-6,8-11,37H,2-3,7,12H2,1H3. The highest BCUT2D eigenvalue weighted by atomic mass is 35.5. The smallest absolute Gasteiger partial charge is 0.275 e. The molecular formula is C25H19B6ClN4O5. The number of aryl methyl sites for hydroxylation is 1. The average molecular weight is 556 g/mol. The summed E-state index contributed by atoms with van der Waals surface area (Å²) in [6.45, 7) is 1.94. The first kappa shape index (κ1) is 30.5. The molecule has 0 aliphatic heterocycles. The zero-order chi connectivity index (χ0) is 29.9. The molecule has 2 aromatic carbocycles. The highest BCUT2D eigenvalue weighted by Crippen LogP contribution is 2.36. The van der Waals surface area contributed by atoms with Crippen LogP contribution in [0.15, 0.2) is 51.7 Å². The Bertz CT molecular complexity index is 1550. The fourth-order valence-corrected chi connectivity index (χ4v) is 4.07. The van der Waals surface area contributed by atoms with Gasteiger partial charge >= 0.3 is 0 Å². The van der Waals surface area contributed by atoms with E-state index in [0.29, 0.717) is 11.4 Å². The number of halogens is 1. The second kappa shape index (κ2) is 12.2. The van der Waals surface area contributed by atoms with Gasteiger partial charge in [0, 0.05) is 11.4 Å². The van der Waals surface area contributed by atoms with Crippen LogP contribution < -0.4 is 15.0 Å². The van der Waals surface area contributed by atoms with Gasteiger partial charge in [0.15, 0.2) is 5.56 Å². The number of nitrogens with zero attached hydrogens (tertiary/aromatic N) is 4. The van der Waals surface area contributed by atoms with Gasteiger partial charge in [-0.05, 0) is 46.8 Å². The van der Waals surface area contributed by atoms with Gasteiger partial charge in [-0.25, -0.2) is 0 Å². The highest BCUT2D eigenvalue weighted by molar-refractivity contribution is 6.58. The summed E-state index contributed by atoms with van der Waals surface area (Å²) in [5.41, 5.74) is -0.469. The summed E-state index contributed by atoms with van der Waals surface area (Å²) >= 11 is 5.95. The van der Waals surface area contributed by atoms with Gasteiger partial charge in [-0.2, -0.15) is 4.98 Å². The Kier molecular flexibility index (Phi) is 9.06. The van der Waals surface area contributed by atoms with E-state index in [1.807, 2.05) is 6.92 Å². The van der Waals surface area contributed by atoms with Crippen LogP contribution in [0.1, 0.15) is 37.0 Å². The van der Waals surface area contributed by atoms with Crippen LogP contribution in [0.5, 0.6) is 17.4 Å². The normalized spacial score (nSPS) is 11.9. The van der Waals surface area contributed by atoms with Crippen LogP contribution in [-0.2, 0) is 12.8 Å². The fourth-order valence-electron chi connectivity index (χ4n) is 3.94. The van der Waals surface area contributed by atoms with E-state index in [2.05, 4.69) is 15.2 Å². The van der Waals surface area contributed by atoms with E-state index in [1.165, 1.54) is 18.2 Å². The summed E-state index contributed by atoms with van der Waals surface area (Å²) in [6, 6.07) is 11.3. The SMILES string of the molecule is [B]C([B])([B])Oc1cccc(OC([B])([B])[B])c1-n1c(CCCC)nc(O)c(-c2nnc(Cc3ccc(Cl)cc3)o2)c1=O. The van der Waals surface area contributed by atoms with Gasteiger partial charge < -0.3 is 19.0 Å². The first-order valence-corrected chi connectivity index (χ1v) is 12.8. The minimum atomic E-state index is -2.16. The molecule has 194 valence electrons. The van der Waals surface area contributed by atoms with E-state index in [0.717, 1.165) is 16.6 Å². The monoisotopic (exact) mass is 556 g/mol. The van der Waals surface area contributed by atoms with Gasteiger partial charge in [-0.3, -0.25) is 9.36 Å². The molecule has 2 aromatic heterocycles. The lowest BCUT2D eigenvalue weighted by Crippen LogP contribution is -2.39. The molecule has 9 nitrogen and oxygen atoms in total. The van der Waals surface area contributed by atoms with Crippen molar-refractivity contribution in [1.82, 2.24) is 19.7 Å². The van der Waals surface area contributed by atoms with Crippen LogP contribution in [0.3, 0.4) is 0 Å². The molecule has 0 saturated carbocycles. The highest BCUT2D eigenvalue weighted by Gasteiger charge is 2.28. The van der Waals surface area contributed by atoms with Crippen LogP contribution in [0.25, 0.3) is 17.1 Å². The number of para-hydroxylation sites is 1. The molecule has 4 rings (SSSR count). The molecule has 0 saturated heterocycles. The number of rotatable bonds is 11. The zero-order valence-corrected chi connectivity index (χ0v) is 22.8. The maximum absolute atomic E-state index is 14.1. The molecule has 0 amide bonds. The summed E-state index contributed by atoms with van der Waals surface area (Å²) in [6.07, 6.45) is 1.83. The lowest BCUT2D eigenvalue weighted by Gasteiger charge is -2.30. The number of aromatic nitrogens is 4. The van der Waals surface area contributed by atoms with Crippen LogP contribution >= 0.6 is 11.6 Å². The third-order valence-electron chi connectivity index (χ3n) is 5.60. The Labute approximate surface area is 249 Å². The van der Waals surface area contributed by atoms with E-state index < -0.39 is 22.0 Å². The molecule has 0 unspecified atom stereocenters. The topological polar surface area (TPSA) is 112 Å².